The Bertz CT molecular complexity index is 517. The average molecular weight is 464 g/mol. The van der Waals surface area contributed by atoms with Gasteiger partial charge in [0.25, 0.3) is 0 Å². The minimum Gasteiger partial charge on any atom is -0.383 e. The maximum atomic E-state index is 5.11. The van der Waals surface area contributed by atoms with Crippen LogP contribution in [0.25, 0.3) is 0 Å². The number of halogens is 1. The number of hydrogen-bond acceptors (Lipinski definition) is 4. The topological polar surface area (TPSA) is 67.6 Å². The van der Waals surface area contributed by atoms with E-state index in [1.54, 1.807) is 7.11 Å². The van der Waals surface area contributed by atoms with Crippen molar-refractivity contribution in [2.24, 2.45) is 12.0 Å². The molecule has 0 radical (unpaired) electrons. The van der Waals surface area contributed by atoms with E-state index in [1.165, 1.54) is 12.8 Å². The summed E-state index contributed by atoms with van der Waals surface area (Å²) in [7, 11) is 5.72. The van der Waals surface area contributed by atoms with Crippen LogP contribution >= 0.6 is 24.0 Å². The summed E-state index contributed by atoms with van der Waals surface area (Å²) in [6, 6.07) is 0. The van der Waals surface area contributed by atoms with Gasteiger partial charge in [-0.2, -0.15) is 0 Å². The number of nitrogens with one attached hydrogen (secondary N) is 1. The van der Waals surface area contributed by atoms with Crippen LogP contribution in [0.1, 0.15) is 37.3 Å². The van der Waals surface area contributed by atoms with E-state index in [2.05, 4.69) is 34.0 Å². The molecule has 0 aromatic carbocycles. The number of unbranched alkanes of at least 4 members (excludes halogenated alkanes) is 3. The van der Waals surface area contributed by atoms with Gasteiger partial charge in [0.05, 0.1) is 6.61 Å². The fraction of sp³-hybridized carbons (Fsp3) is 0.706. The molecule has 1 N–H and O–H groups in total. The van der Waals surface area contributed by atoms with Crippen LogP contribution in [0.4, 0.5) is 0 Å². The smallest absolute Gasteiger partial charge is 0.194 e. The Balaban J connectivity index is 0.00000576. The van der Waals surface area contributed by atoms with Crippen LogP contribution in [0.3, 0.4) is 0 Å². The lowest BCUT2D eigenvalue weighted by molar-refractivity contribution is 0.203. The molecule has 0 saturated heterocycles. The molecule has 1 rings (SSSR count). The van der Waals surface area contributed by atoms with E-state index in [0.717, 1.165) is 43.5 Å². The first-order chi connectivity index (χ1) is 11.6. The lowest BCUT2D eigenvalue weighted by Crippen LogP contribution is -2.41. The Kier molecular flexibility index (Phi) is 13.4. The van der Waals surface area contributed by atoms with Crippen molar-refractivity contribution in [3.05, 3.63) is 24.3 Å². The van der Waals surface area contributed by atoms with Gasteiger partial charge in [-0.3, -0.25) is 0 Å². The second-order valence-corrected chi connectivity index (χ2v) is 5.84. The monoisotopic (exact) mass is 464 g/mol. The fourth-order valence-electron chi connectivity index (χ4n) is 2.23. The van der Waals surface area contributed by atoms with E-state index in [4.69, 9.17) is 9.73 Å². The SMILES string of the molecule is C=CCCCCCN(C)C(=NCc1nnc(C)n1C)NCCOC.I. The van der Waals surface area contributed by atoms with E-state index in [-0.39, 0.29) is 24.0 Å². The van der Waals surface area contributed by atoms with Gasteiger partial charge in [0, 0.05) is 34.3 Å². The Hall–Kier alpha value is -1.16. The normalized spacial score (nSPS) is 11.1. The second-order valence-electron chi connectivity index (χ2n) is 5.84. The van der Waals surface area contributed by atoms with Crippen LogP contribution in [0.2, 0.25) is 0 Å². The van der Waals surface area contributed by atoms with Gasteiger partial charge in [-0.05, 0) is 26.2 Å². The highest BCUT2D eigenvalue weighted by molar-refractivity contribution is 14.0. The Morgan fingerprint density at radius 2 is 2.12 bits per heavy atom. The van der Waals surface area contributed by atoms with Gasteiger partial charge in [0.15, 0.2) is 11.8 Å². The molecule has 8 heteroatoms. The number of aromatic nitrogens is 3. The van der Waals surface area contributed by atoms with Crippen molar-refractivity contribution in [1.82, 2.24) is 25.0 Å². The number of methoxy groups -OCH3 is 1. The lowest BCUT2D eigenvalue weighted by Gasteiger charge is -2.22. The van der Waals surface area contributed by atoms with Crippen molar-refractivity contribution < 1.29 is 4.74 Å². The minimum atomic E-state index is 0. The number of rotatable bonds is 11. The van der Waals surface area contributed by atoms with Crippen molar-refractivity contribution in [2.75, 3.05) is 33.9 Å². The summed E-state index contributed by atoms with van der Waals surface area (Å²) >= 11 is 0. The van der Waals surface area contributed by atoms with E-state index in [1.807, 2.05) is 24.6 Å². The molecular formula is C17H33IN6O. The zero-order chi connectivity index (χ0) is 17.8. The quantitative estimate of drug-likeness (QED) is 0.179. The van der Waals surface area contributed by atoms with E-state index in [0.29, 0.717) is 13.2 Å². The second kappa shape index (κ2) is 14.1. The fourth-order valence-corrected chi connectivity index (χ4v) is 2.23. The molecule has 0 unspecified atom stereocenters. The van der Waals surface area contributed by atoms with Crippen LogP contribution in [0, 0.1) is 6.92 Å². The molecule has 1 heterocycles. The highest BCUT2D eigenvalue weighted by atomic mass is 127. The van der Waals surface area contributed by atoms with Gasteiger partial charge >= 0.3 is 0 Å². The van der Waals surface area contributed by atoms with E-state index < -0.39 is 0 Å². The van der Waals surface area contributed by atoms with Crippen molar-refractivity contribution in [3.8, 4) is 0 Å². The third-order valence-electron chi connectivity index (χ3n) is 3.91. The lowest BCUT2D eigenvalue weighted by atomic mass is 10.2. The number of allylic oxidation sites excluding steroid dienone is 1. The molecule has 0 aliphatic rings. The van der Waals surface area contributed by atoms with Crippen molar-refractivity contribution >= 4 is 29.9 Å². The first-order valence-electron chi connectivity index (χ1n) is 8.54. The molecule has 0 saturated carbocycles. The van der Waals surface area contributed by atoms with Crippen LogP contribution in [0.5, 0.6) is 0 Å². The number of nitrogens with zero attached hydrogens (tertiary/aromatic N) is 5. The third kappa shape index (κ3) is 9.20. The molecule has 0 atom stereocenters. The number of ether oxygens (including phenoxy) is 1. The number of hydrogen-bond donors (Lipinski definition) is 1. The molecular weight excluding hydrogens is 431 g/mol. The van der Waals surface area contributed by atoms with Gasteiger partial charge in [0.1, 0.15) is 12.4 Å². The molecule has 1 aromatic heterocycles. The summed E-state index contributed by atoms with van der Waals surface area (Å²) in [5, 5.41) is 11.6. The molecule has 144 valence electrons. The highest BCUT2D eigenvalue weighted by Crippen LogP contribution is 2.03. The average Bonchev–Trinajstić information content (AvgIpc) is 2.89. The van der Waals surface area contributed by atoms with Gasteiger partial charge in [-0.15, -0.1) is 40.8 Å². The molecule has 25 heavy (non-hydrogen) atoms. The van der Waals surface area contributed by atoms with Crippen LogP contribution in [-0.4, -0.2) is 59.5 Å². The number of guanidine groups is 1. The first kappa shape index (κ1) is 23.8. The molecule has 1 aromatic rings. The molecule has 0 fully saturated rings. The summed E-state index contributed by atoms with van der Waals surface area (Å²) in [6.07, 6.45) is 6.59. The summed E-state index contributed by atoms with van der Waals surface area (Å²) in [4.78, 5) is 6.85. The standard InChI is InChI=1S/C17H32N6O.HI/c1-6-7-8-9-10-12-22(3)17(18-11-13-24-5)19-14-16-21-20-15(2)23(16)4;/h6H,1,7-14H2,2-5H3,(H,18,19);1H. The van der Waals surface area contributed by atoms with Crippen molar-refractivity contribution in [1.29, 1.82) is 0 Å². The van der Waals surface area contributed by atoms with Crippen LogP contribution in [0.15, 0.2) is 17.6 Å². The largest absolute Gasteiger partial charge is 0.383 e. The maximum Gasteiger partial charge on any atom is 0.194 e. The van der Waals surface area contributed by atoms with Crippen LogP contribution < -0.4 is 5.32 Å². The molecule has 0 aliphatic carbocycles. The molecule has 0 aliphatic heterocycles. The van der Waals surface area contributed by atoms with E-state index in [9.17, 15) is 0 Å². The van der Waals surface area contributed by atoms with Gasteiger partial charge in [-0.1, -0.05) is 12.5 Å². The van der Waals surface area contributed by atoms with E-state index >= 15 is 0 Å². The summed E-state index contributed by atoms with van der Waals surface area (Å²) in [5.74, 6) is 2.62. The maximum absolute atomic E-state index is 5.11. The minimum absolute atomic E-state index is 0. The van der Waals surface area contributed by atoms with Crippen molar-refractivity contribution in [3.63, 3.8) is 0 Å². The number of aliphatic imine (C=N–C) groups is 1. The zero-order valence-corrected chi connectivity index (χ0v) is 18.3. The van der Waals surface area contributed by atoms with Gasteiger partial charge < -0.3 is 19.5 Å². The Labute approximate surface area is 169 Å². The van der Waals surface area contributed by atoms with Gasteiger partial charge in [-0.25, -0.2) is 4.99 Å². The molecule has 0 amide bonds. The van der Waals surface area contributed by atoms with Crippen molar-refractivity contribution in [2.45, 2.75) is 39.2 Å². The highest BCUT2D eigenvalue weighted by Gasteiger charge is 2.08. The number of aryl methyl sites for hydroxylation is 1. The molecule has 0 bridgehead atoms. The third-order valence-corrected chi connectivity index (χ3v) is 3.91. The molecule has 0 spiro atoms. The first-order valence-corrected chi connectivity index (χ1v) is 8.54. The van der Waals surface area contributed by atoms with Crippen LogP contribution in [-0.2, 0) is 18.3 Å². The zero-order valence-electron chi connectivity index (χ0n) is 16.0. The summed E-state index contributed by atoms with van der Waals surface area (Å²) < 4.78 is 7.07. The molecule has 7 nitrogen and oxygen atoms in total. The van der Waals surface area contributed by atoms with Gasteiger partial charge in [0.2, 0.25) is 0 Å². The predicted octanol–water partition coefficient (Wildman–Crippen LogP) is 2.51. The predicted molar refractivity (Wildman–Crippen MR) is 113 cm³/mol. The summed E-state index contributed by atoms with van der Waals surface area (Å²) in [6.45, 7) is 8.55. The Morgan fingerprint density at radius 1 is 1.36 bits per heavy atom. The summed E-state index contributed by atoms with van der Waals surface area (Å²) in [5.41, 5.74) is 0. The Morgan fingerprint density at radius 3 is 2.72 bits per heavy atom.